The lowest BCUT2D eigenvalue weighted by molar-refractivity contribution is 0.658. The van der Waals surface area contributed by atoms with E-state index in [0.29, 0.717) is 6.04 Å². The summed E-state index contributed by atoms with van der Waals surface area (Å²) in [5.41, 5.74) is 4.78. The molecule has 2 aromatic rings. The molecule has 1 N–H and O–H groups in total. The third-order valence-corrected chi connectivity index (χ3v) is 3.63. The van der Waals surface area contributed by atoms with E-state index in [9.17, 15) is 0 Å². The van der Waals surface area contributed by atoms with Crippen molar-refractivity contribution in [2.45, 2.75) is 39.3 Å². The van der Waals surface area contributed by atoms with Crippen LogP contribution in [0.5, 0.6) is 0 Å². The molecule has 3 heteroatoms. The van der Waals surface area contributed by atoms with Gasteiger partial charge in [-0.1, -0.05) is 12.1 Å². The maximum atomic E-state index is 4.64. The van der Waals surface area contributed by atoms with E-state index in [1.54, 1.807) is 0 Å². The number of hydrogen-bond acceptors (Lipinski definition) is 3. The summed E-state index contributed by atoms with van der Waals surface area (Å²) in [5.74, 6) is 0.877. The number of benzene rings is 1. The molecule has 0 radical (unpaired) electrons. The molecule has 0 amide bonds. The summed E-state index contributed by atoms with van der Waals surface area (Å²) in [7, 11) is 0. The minimum atomic E-state index is 0.689. The number of nitrogens with one attached hydrogen (secondary N) is 1. The molecule has 1 aliphatic rings. The van der Waals surface area contributed by atoms with Crippen LogP contribution in [0.1, 0.15) is 29.8 Å². The Labute approximate surface area is 114 Å². The minimum absolute atomic E-state index is 0.689. The van der Waals surface area contributed by atoms with Crippen LogP contribution in [-0.2, 0) is 6.54 Å². The van der Waals surface area contributed by atoms with E-state index in [1.807, 2.05) is 12.3 Å². The molecule has 19 heavy (non-hydrogen) atoms. The molecule has 98 valence electrons. The van der Waals surface area contributed by atoms with Crippen LogP contribution in [0.4, 0.5) is 0 Å². The second-order valence-electron chi connectivity index (χ2n) is 5.31. The molecule has 0 saturated heterocycles. The van der Waals surface area contributed by atoms with Gasteiger partial charge in [0.05, 0.1) is 12.2 Å². The van der Waals surface area contributed by atoms with E-state index >= 15 is 0 Å². The lowest BCUT2D eigenvalue weighted by Crippen LogP contribution is -2.17. The van der Waals surface area contributed by atoms with Crippen LogP contribution in [0.3, 0.4) is 0 Å². The fourth-order valence-corrected chi connectivity index (χ4v) is 2.07. The quantitative estimate of drug-likeness (QED) is 0.910. The molecule has 0 aliphatic heterocycles. The van der Waals surface area contributed by atoms with Gasteiger partial charge in [-0.05, 0) is 49.9 Å². The first-order chi connectivity index (χ1) is 9.22. The smallest absolute Gasteiger partial charge is 0.142 e. The maximum Gasteiger partial charge on any atom is 0.142 e. The van der Waals surface area contributed by atoms with Crippen molar-refractivity contribution in [3.63, 3.8) is 0 Å². The number of aryl methyl sites for hydroxylation is 2. The molecule has 1 heterocycles. The lowest BCUT2D eigenvalue weighted by Gasteiger charge is -2.07. The number of nitrogens with zero attached hydrogens (tertiary/aromatic N) is 2. The van der Waals surface area contributed by atoms with Crippen LogP contribution < -0.4 is 5.32 Å². The third-order valence-electron chi connectivity index (χ3n) is 3.63. The molecule has 0 atom stereocenters. The Morgan fingerprint density at radius 1 is 1.16 bits per heavy atom. The molecule has 3 nitrogen and oxygen atoms in total. The standard InChI is InChI=1S/C16H19N3/c1-11-3-4-13(9-12(11)2)15-7-8-17-16(19-15)10-18-14-5-6-14/h3-4,7-9,14,18H,5-6,10H2,1-2H3. The van der Waals surface area contributed by atoms with Crippen molar-refractivity contribution in [1.29, 1.82) is 0 Å². The number of aromatic nitrogens is 2. The average molecular weight is 253 g/mol. The highest BCUT2D eigenvalue weighted by atomic mass is 15.0. The third kappa shape index (κ3) is 2.99. The van der Waals surface area contributed by atoms with Crippen LogP contribution in [0.2, 0.25) is 0 Å². The van der Waals surface area contributed by atoms with Gasteiger partial charge in [0.25, 0.3) is 0 Å². The molecule has 0 unspecified atom stereocenters. The number of hydrogen-bond donors (Lipinski definition) is 1. The van der Waals surface area contributed by atoms with E-state index in [0.717, 1.165) is 23.6 Å². The SMILES string of the molecule is Cc1ccc(-c2ccnc(CNC3CC3)n2)cc1C. The summed E-state index contributed by atoms with van der Waals surface area (Å²) in [5, 5.41) is 3.45. The molecule has 0 spiro atoms. The zero-order chi connectivity index (χ0) is 13.2. The molecule has 1 aromatic heterocycles. The van der Waals surface area contributed by atoms with Crippen LogP contribution in [-0.4, -0.2) is 16.0 Å². The Hall–Kier alpha value is -1.74. The van der Waals surface area contributed by atoms with E-state index in [4.69, 9.17) is 0 Å². The molecule has 0 bridgehead atoms. The van der Waals surface area contributed by atoms with Gasteiger partial charge in [0.2, 0.25) is 0 Å². The fourth-order valence-electron chi connectivity index (χ4n) is 2.07. The van der Waals surface area contributed by atoms with Gasteiger partial charge in [-0.2, -0.15) is 0 Å². The van der Waals surface area contributed by atoms with Gasteiger partial charge >= 0.3 is 0 Å². The van der Waals surface area contributed by atoms with Gasteiger partial charge in [-0.25, -0.2) is 9.97 Å². The van der Waals surface area contributed by atoms with Crippen molar-refractivity contribution < 1.29 is 0 Å². The normalized spacial score (nSPS) is 14.6. The van der Waals surface area contributed by atoms with Gasteiger partial charge in [0.1, 0.15) is 5.82 Å². The van der Waals surface area contributed by atoms with E-state index in [2.05, 4.69) is 47.3 Å². The largest absolute Gasteiger partial charge is 0.307 e. The molecule has 1 aliphatic carbocycles. The summed E-state index contributed by atoms with van der Waals surface area (Å²) in [6.07, 6.45) is 4.43. The lowest BCUT2D eigenvalue weighted by atomic mass is 10.0. The zero-order valence-corrected chi connectivity index (χ0v) is 11.5. The number of rotatable bonds is 4. The highest BCUT2D eigenvalue weighted by Gasteiger charge is 2.20. The summed E-state index contributed by atoms with van der Waals surface area (Å²) in [4.78, 5) is 8.97. The van der Waals surface area contributed by atoms with Crippen LogP contribution in [0, 0.1) is 13.8 Å². The van der Waals surface area contributed by atoms with Crippen molar-refractivity contribution in [3.05, 3.63) is 47.4 Å². The Kier molecular flexibility index (Phi) is 3.30. The maximum absolute atomic E-state index is 4.64. The molecule has 1 aromatic carbocycles. The van der Waals surface area contributed by atoms with Crippen molar-refractivity contribution in [3.8, 4) is 11.3 Å². The Balaban J connectivity index is 1.82. The monoisotopic (exact) mass is 253 g/mol. The van der Waals surface area contributed by atoms with Gasteiger partial charge in [-0.15, -0.1) is 0 Å². The average Bonchev–Trinajstić information content (AvgIpc) is 3.24. The van der Waals surface area contributed by atoms with E-state index < -0.39 is 0 Å². The van der Waals surface area contributed by atoms with Crippen molar-refractivity contribution in [1.82, 2.24) is 15.3 Å². The molecule has 1 fully saturated rings. The van der Waals surface area contributed by atoms with Crippen molar-refractivity contribution in [2.24, 2.45) is 0 Å². The predicted octanol–water partition coefficient (Wildman–Crippen LogP) is 3.01. The predicted molar refractivity (Wildman–Crippen MR) is 76.8 cm³/mol. The van der Waals surface area contributed by atoms with Gasteiger partial charge < -0.3 is 5.32 Å². The molecule has 3 rings (SSSR count). The highest BCUT2D eigenvalue weighted by Crippen LogP contribution is 2.21. The zero-order valence-electron chi connectivity index (χ0n) is 11.5. The summed E-state index contributed by atoms with van der Waals surface area (Å²) >= 11 is 0. The van der Waals surface area contributed by atoms with Crippen molar-refractivity contribution >= 4 is 0 Å². The second kappa shape index (κ2) is 5.10. The van der Waals surface area contributed by atoms with Crippen LogP contribution >= 0.6 is 0 Å². The Morgan fingerprint density at radius 3 is 2.74 bits per heavy atom. The highest BCUT2D eigenvalue weighted by molar-refractivity contribution is 5.60. The van der Waals surface area contributed by atoms with Gasteiger partial charge in [0.15, 0.2) is 0 Å². The molecular weight excluding hydrogens is 234 g/mol. The topological polar surface area (TPSA) is 37.8 Å². The first-order valence-electron chi connectivity index (χ1n) is 6.85. The molecule has 1 saturated carbocycles. The summed E-state index contributed by atoms with van der Waals surface area (Å²) in [6.45, 7) is 5.03. The van der Waals surface area contributed by atoms with E-state index in [1.165, 1.54) is 24.0 Å². The fraction of sp³-hybridized carbons (Fsp3) is 0.375. The van der Waals surface area contributed by atoms with Gasteiger partial charge in [0, 0.05) is 17.8 Å². The summed E-state index contributed by atoms with van der Waals surface area (Å²) < 4.78 is 0. The van der Waals surface area contributed by atoms with Crippen LogP contribution in [0.15, 0.2) is 30.5 Å². The van der Waals surface area contributed by atoms with E-state index in [-0.39, 0.29) is 0 Å². The second-order valence-corrected chi connectivity index (χ2v) is 5.31. The summed E-state index contributed by atoms with van der Waals surface area (Å²) in [6, 6.07) is 9.13. The van der Waals surface area contributed by atoms with Crippen molar-refractivity contribution in [2.75, 3.05) is 0 Å². The first kappa shape index (κ1) is 12.3. The molecular formula is C16H19N3. The van der Waals surface area contributed by atoms with Gasteiger partial charge in [-0.3, -0.25) is 0 Å². The minimum Gasteiger partial charge on any atom is -0.307 e. The Morgan fingerprint density at radius 2 is 2.00 bits per heavy atom. The van der Waals surface area contributed by atoms with Crippen LogP contribution in [0.25, 0.3) is 11.3 Å². The first-order valence-corrected chi connectivity index (χ1v) is 6.85. The Bertz CT molecular complexity index is 588.